The predicted molar refractivity (Wildman–Crippen MR) is 80.0 cm³/mol. The zero-order chi connectivity index (χ0) is 13.0. The first-order valence-electron chi connectivity index (χ1n) is 5.96. The molecule has 0 saturated heterocycles. The summed E-state index contributed by atoms with van der Waals surface area (Å²) in [7, 11) is 0. The van der Waals surface area contributed by atoms with Crippen molar-refractivity contribution >= 4 is 23.1 Å². The third-order valence-electron chi connectivity index (χ3n) is 2.75. The van der Waals surface area contributed by atoms with Crippen LogP contribution in [0.2, 0.25) is 0 Å². The largest absolute Gasteiger partial charge is 0.392 e. The van der Waals surface area contributed by atoms with E-state index in [0.29, 0.717) is 0 Å². The normalized spacial score (nSPS) is 14.4. The molecule has 96 valence electrons. The molecule has 2 atom stereocenters. The number of rotatable bonds is 5. The second-order valence-corrected chi connectivity index (χ2v) is 6.49. The molecule has 0 aliphatic rings. The summed E-state index contributed by atoms with van der Waals surface area (Å²) in [6, 6.07) is 10.2. The lowest BCUT2D eigenvalue weighted by molar-refractivity contribution is 0.196. The molecule has 18 heavy (non-hydrogen) atoms. The maximum absolute atomic E-state index is 9.44. The molecule has 4 heteroatoms. The minimum atomic E-state index is -0.276. The van der Waals surface area contributed by atoms with Gasteiger partial charge in [0.25, 0.3) is 0 Å². The Labute approximate surface area is 116 Å². The van der Waals surface area contributed by atoms with Crippen LogP contribution in [0.5, 0.6) is 0 Å². The number of aromatic nitrogens is 1. The Kier molecular flexibility index (Phi) is 4.80. The van der Waals surface area contributed by atoms with Gasteiger partial charge < -0.3 is 5.11 Å². The van der Waals surface area contributed by atoms with E-state index in [1.165, 1.54) is 5.56 Å². The molecule has 1 aromatic carbocycles. The van der Waals surface area contributed by atoms with Crippen LogP contribution < -0.4 is 0 Å². The SMILES string of the molecule is CC(O)C(C)SCc1csc(-c2ccccc2)n1. The number of aliphatic hydroxyl groups excluding tert-OH is 1. The van der Waals surface area contributed by atoms with E-state index in [-0.39, 0.29) is 11.4 Å². The molecule has 0 aliphatic carbocycles. The molecular formula is C14H17NOS2. The summed E-state index contributed by atoms with van der Waals surface area (Å²) in [4.78, 5) is 4.63. The Bertz CT molecular complexity index is 482. The number of hydrogen-bond acceptors (Lipinski definition) is 4. The fourth-order valence-electron chi connectivity index (χ4n) is 1.44. The summed E-state index contributed by atoms with van der Waals surface area (Å²) in [5.41, 5.74) is 2.26. The van der Waals surface area contributed by atoms with Crippen molar-refractivity contribution in [3.63, 3.8) is 0 Å². The van der Waals surface area contributed by atoms with Crippen molar-refractivity contribution < 1.29 is 5.11 Å². The molecule has 2 rings (SSSR count). The fourth-order valence-corrected chi connectivity index (χ4v) is 3.23. The summed E-state index contributed by atoms with van der Waals surface area (Å²) in [5.74, 6) is 0.857. The van der Waals surface area contributed by atoms with Gasteiger partial charge in [0, 0.05) is 21.9 Å². The first-order valence-corrected chi connectivity index (χ1v) is 7.89. The quantitative estimate of drug-likeness (QED) is 0.903. The molecule has 0 radical (unpaired) electrons. The smallest absolute Gasteiger partial charge is 0.123 e. The van der Waals surface area contributed by atoms with Crippen LogP contribution in [0.15, 0.2) is 35.7 Å². The van der Waals surface area contributed by atoms with Gasteiger partial charge >= 0.3 is 0 Å². The summed E-state index contributed by atoms with van der Waals surface area (Å²) >= 11 is 3.42. The highest BCUT2D eigenvalue weighted by atomic mass is 32.2. The standard InChI is InChI=1S/C14H17NOS2/c1-10(16)11(2)17-8-13-9-18-14(15-13)12-6-4-3-5-7-12/h3-7,9-11,16H,8H2,1-2H3. The molecular weight excluding hydrogens is 262 g/mol. The van der Waals surface area contributed by atoms with E-state index in [1.807, 2.05) is 32.0 Å². The van der Waals surface area contributed by atoms with Crippen molar-refractivity contribution in [2.75, 3.05) is 0 Å². The van der Waals surface area contributed by atoms with Gasteiger partial charge in [0.05, 0.1) is 11.8 Å². The zero-order valence-electron chi connectivity index (χ0n) is 10.5. The van der Waals surface area contributed by atoms with E-state index in [1.54, 1.807) is 23.1 Å². The molecule has 1 aromatic heterocycles. The lowest BCUT2D eigenvalue weighted by Crippen LogP contribution is -2.15. The monoisotopic (exact) mass is 279 g/mol. The van der Waals surface area contributed by atoms with Crippen LogP contribution in [0.3, 0.4) is 0 Å². The second kappa shape index (κ2) is 6.36. The molecule has 0 fully saturated rings. The Hall–Kier alpha value is -0.840. The van der Waals surface area contributed by atoms with Gasteiger partial charge in [-0.05, 0) is 6.92 Å². The van der Waals surface area contributed by atoms with Crippen molar-refractivity contribution in [2.24, 2.45) is 0 Å². The van der Waals surface area contributed by atoms with Crippen molar-refractivity contribution in [2.45, 2.75) is 31.0 Å². The number of benzene rings is 1. The van der Waals surface area contributed by atoms with Crippen LogP contribution in [-0.2, 0) is 5.75 Å². The van der Waals surface area contributed by atoms with Gasteiger partial charge in [-0.1, -0.05) is 37.3 Å². The molecule has 0 bridgehead atoms. The number of thioether (sulfide) groups is 1. The van der Waals surface area contributed by atoms with Crippen molar-refractivity contribution in [1.29, 1.82) is 0 Å². The molecule has 1 heterocycles. The zero-order valence-corrected chi connectivity index (χ0v) is 12.2. The highest BCUT2D eigenvalue weighted by molar-refractivity contribution is 7.99. The lowest BCUT2D eigenvalue weighted by atomic mass is 10.2. The van der Waals surface area contributed by atoms with Gasteiger partial charge in [0.1, 0.15) is 5.01 Å². The maximum Gasteiger partial charge on any atom is 0.123 e. The van der Waals surface area contributed by atoms with Gasteiger partial charge in [-0.3, -0.25) is 0 Å². The minimum absolute atomic E-state index is 0.242. The van der Waals surface area contributed by atoms with E-state index in [4.69, 9.17) is 0 Å². The van der Waals surface area contributed by atoms with Gasteiger partial charge in [-0.25, -0.2) is 4.98 Å². The van der Waals surface area contributed by atoms with Crippen LogP contribution >= 0.6 is 23.1 Å². The molecule has 0 amide bonds. The molecule has 2 aromatic rings. The summed E-state index contributed by atoms with van der Waals surface area (Å²) in [6.45, 7) is 3.87. The Balaban J connectivity index is 1.99. The molecule has 2 nitrogen and oxygen atoms in total. The molecule has 1 N–H and O–H groups in total. The third-order valence-corrected chi connectivity index (χ3v) is 5.07. The molecule has 0 aliphatic heterocycles. The third kappa shape index (κ3) is 3.57. The molecule has 0 saturated carbocycles. The average molecular weight is 279 g/mol. The van der Waals surface area contributed by atoms with Gasteiger partial charge in [-0.2, -0.15) is 0 Å². The van der Waals surface area contributed by atoms with Gasteiger partial charge in [0.15, 0.2) is 0 Å². The Morgan fingerprint density at radius 1 is 1.28 bits per heavy atom. The topological polar surface area (TPSA) is 33.1 Å². The van der Waals surface area contributed by atoms with Gasteiger partial charge in [-0.15, -0.1) is 23.1 Å². The molecule has 2 unspecified atom stereocenters. The van der Waals surface area contributed by atoms with E-state index < -0.39 is 0 Å². The number of nitrogens with zero attached hydrogens (tertiary/aromatic N) is 1. The van der Waals surface area contributed by atoms with Crippen LogP contribution in [0.25, 0.3) is 10.6 Å². The van der Waals surface area contributed by atoms with E-state index >= 15 is 0 Å². The number of hydrogen-bond donors (Lipinski definition) is 1. The van der Waals surface area contributed by atoms with E-state index in [0.717, 1.165) is 16.5 Å². The Morgan fingerprint density at radius 2 is 2.00 bits per heavy atom. The number of aliphatic hydroxyl groups is 1. The first-order chi connectivity index (χ1) is 8.66. The highest BCUT2D eigenvalue weighted by Gasteiger charge is 2.11. The number of thiazole rings is 1. The lowest BCUT2D eigenvalue weighted by Gasteiger charge is -2.12. The van der Waals surface area contributed by atoms with E-state index in [2.05, 4.69) is 22.5 Å². The minimum Gasteiger partial charge on any atom is -0.392 e. The summed E-state index contributed by atoms with van der Waals surface area (Å²) < 4.78 is 0. The van der Waals surface area contributed by atoms with Crippen LogP contribution in [0, 0.1) is 0 Å². The predicted octanol–water partition coefficient (Wildman–Crippen LogP) is 3.81. The van der Waals surface area contributed by atoms with Crippen LogP contribution in [-0.4, -0.2) is 21.4 Å². The highest BCUT2D eigenvalue weighted by Crippen LogP contribution is 2.26. The van der Waals surface area contributed by atoms with Crippen molar-refractivity contribution in [3.8, 4) is 10.6 Å². The maximum atomic E-state index is 9.44. The van der Waals surface area contributed by atoms with E-state index in [9.17, 15) is 5.11 Å². The first kappa shape index (κ1) is 13.6. The van der Waals surface area contributed by atoms with Crippen LogP contribution in [0.4, 0.5) is 0 Å². The van der Waals surface area contributed by atoms with Gasteiger partial charge in [0.2, 0.25) is 0 Å². The fraction of sp³-hybridized carbons (Fsp3) is 0.357. The summed E-state index contributed by atoms with van der Waals surface area (Å²) in [5, 5.41) is 12.9. The van der Waals surface area contributed by atoms with Crippen LogP contribution in [0.1, 0.15) is 19.5 Å². The molecule has 0 spiro atoms. The Morgan fingerprint density at radius 3 is 2.67 bits per heavy atom. The van der Waals surface area contributed by atoms with Crippen molar-refractivity contribution in [3.05, 3.63) is 41.4 Å². The van der Waals surface area contributed by atoms with Crippen molar-refractivity contribution in [1.82, 2.24) is 4.98 Å². The summed E-state index contributed by atoms with van der Waals surface area (Å²) in [6.07, 6.45) is -0.276. The second-order valence-electron chi connectivity index (χ2n) is 4.27. The average Bonchev–Trinajstić information content (AvgIpc) is 2.85.